The van der Waals surface area contributed by atoms with E-state index in [2.05, 4.69) is 0 Å². The lowest BCUT2D eigenvalue weighted by atomic mass is 9.87. The van der Waals surface area contributed by atoms with Gasteiger partial charge in [0.05, 0.1) is 13.7 Å². The summed E-state index contributed by atoms with van der Waals surface area (Å²) in [6, 6.07) is 9.54. The number of carbonyl (C=O) groups excluding carboxylic acids is 2. The van der Waals surface area contributed by atoms with Crippen LogP contribution in [0.5, 0.6) is 0 Å². The number of hydrogen-bond acceptors (Lipinski definition) is 5. The summed E-state index contributed by atoms with van der Waals surface area (Å²) in [6.45, 7) is 11.3. The van der Waals surface area contributed by atoms with Gasteiger partial charge in [0.25, 0.3) is 0 Å². The highest BCUT2D eigenvalue weighted by Crippen LogP contribution is 2.40. The Morgan fingerprint density at radius 2 is 1.74 bits per heavy atom. The van der Waals surface area contributed by atoms with E-state index in [4.69, 9.17) is 14.2 Å². The third kappa shape index (κ3) is 4.61. The van der Waals surface area contributed by atoms with Crippen LogP contribution in [0.4, 0.5) is 4.79 Å². The van der Waals surface area contributed by atoms with E-state index in [9.17, 15) is 9.59 Å². The monoisotopic (exact) mass is 377 g/mol. The van der Waals surface area contributed by atoms with Crippen LogP contribution in [0.3, 0.4) is 0 Å². The molecule has 0 aromatic heterocycles. The quantitative estimate of drug-likeness (QED) is 0.750. The average molecular weight is 377 g/mol. The standard InChI is InChI=1S/C21H31NO5/c1-19(2,3)16-22(18(24)27-20(4,5)6)21(14-26-16,17(23)25-7)13-15-11-9-8-10-12-15/h8-12,16H,13-14H2,1-7H3/t16-,21?/m0/s1. The number of esters is 1. The molecule has 1 aliphatic heterocycles. The van der Waals surface area contributed by atoms with Gasteiger partial charge in [0.1, 0.15) is 11.8 Å². The van der Waals surface area contributed by atoms with Gasteiger partial charge in [-0.05, 0) is 26.3 Å². The van der Waals surface area contributed by atoms with Gasteiger partial charge in [-0.15, -0.1) is 0 Å². The minimum Gasteiger partial charge on any atom is -0.467 e. The van der Waals surface area contributed by atoms with Crippen molar-refractivity contribution in [1.29, 1.82) is 0 Å². The zero-order valence-corrected chi connectivity index (χ0v) is 17.4. The van der Waals surface area contributed by atoms with E-state index in [1.54, 1.807) is 20.8 Å². The minimum absolute atomic E-state index is 0.0513. The number of carbonyl (C=O) groups is 2. The molecule has 1 unspecified atom stereocenters. The predicted octanol–water partition coefficient (Wildman–Crippen LogP) is 3.78. The largest absolute Gasteiger partial charge is 0.467 e. The van der Waals surface area contributed by atoms with Crippen LogP contribution in [0, 0.1) is 5.41 Å². The summed E-state index contributed by atoms with van der Waals surface area (Å²) in [5, 5.41) is 0. The first-order valence-electron chi connectivity index (χ1n) is 9.17. The van der Waals surface area contributed by atoms with Crippen molar-refractivity contribution in [2.75, 3.05) is 13.7 Å². The van der Waals surface area contributed by atoms with Crippen molar-refractivity contribution in [3.8, 4) is 0 Å². The molecule has 1 aromatic carbocycles. The van der Waals surface area contributed by atoms with Crippen molar-refractivity contribution in [2.24, 2.45) is 5.41 Å². The highest BCUT2D eigenvalue weighted by molar-refractivity contribution is 5.87. The van der Waals surface area contributed by atoms with Crippen LogP contribution in [0.25, 0.3) is 0 Å². The predicted molar refractivity (Wildman–Crippen MR) is 102 cm³/mol. The van der Waals surface area contributed by atoms with E-state index in [0.29, 0.717) is 0 Å². The lowest BCUT2D eigenvalue weighted by Gasteiger charge is -2.41. The second-order valence-electron chi connectivity index (χ2n) is 9.07. The Morgan fingerprint density at radius 3 is 2.22 bits per heavy atom. The van der Waals surface area contributed by atoms with Crippen molar-refractivity contribution in [2.45, 2.75) is 65.3 Å². The van der Waals surface area contributed by atoms with Gasteiger partial charge >= 0.3 is 12.1 Å². The van der Waals surface area contributed by atoms with Crippen molar-refractivity contribution >= 4 is 12.1 Å². The molecule has 1 fully saturated rings. The van der Waals surface area contributed by atoms with Gasteiger partial charge in [0.15, 0.2) is 5.54 Å². The second-order valence-corrected chi connectivity index (χ2v) is 9.07. The summed E-state index contributed by atoms with van der Waals surface area (Å²) < 4.78 is 16.7. The SMILES string of the molecule is COC(=O)C1(Cc2ccccc2)CO[C@@H](C(C)(C)C)N1C(=O)OC(C)(C)C. The van der Waals surface area contributed by atoms with Crippen LogP contribution in [0.2, 0.25) is 0 Å². The molecular weight excluding hydrogens is 346 g/mol. The fraction of sp³-hybridized carbons (Fsp3) is 0.619. The first-order valence-corrected chi connectivity index (χ1v) is 9.17. The van der Waals surface area contributed by atoms with Crippen molar-refractivity contribution in [1.82, 2.24) is 4.90 Å². The van der Waals surface area contributed by atoms with Crippen LogP contribution in [-0.2, 0) is 25.4 Å². The number of methoxy groups -OCH3 is 1. The summed E-state index contributed by atoms with van der Waals surface area (Å²) in [5.41, 5.74) is -1.48. The Balaban J connectivity index is 2.53. The molecule has 1 saturated heterocycles. The highest BCUT2D eigenvalue weighted by atomic mass is 16.6. The number of nitrogens with zero attached hydrogens (tertiary/aromatic N) is 1. The van der Waals surface area contributed by atoms with E-state index in [1.807, 2.05) is 51.1 Å². The molecule has 0 saturated carbocycles. The lowest BCUT2D eigenvalue weighted by Crippen LogP contribution is -2.61. The van der Waals surface area contributed by atoms with Gasteiger partial charge in [-0.25, -0.2) is 9.59 Å². The number of ether oxygens (including phenoxy) is 3. The first kappa shape index (κ1) is 21.2. The van der Waals surface area contributed by atoms with Gasteiger partial charge in [-0.3, -0.25) is 4.90 Å². The van der Waals surface area contributed by atoms with Crippen LogP contribution in [-0.4, -0.2) is 48.0 Å². The van der Waals surface area contributed by atoms with Crippen molar-refractivity contribution < 1.29 is 23.8 Å². The number of hydrogen-bond donors (Lipinski definition) is 0. The Labute approximate surface area is 161 Å². The molecule has 0 aliphatic carbocycles. The Hall–Kier alpha value is -2.08. The van der Waals surface area contributed by atoms with Gasteiger partial charge in [-0.2, -0.15) is 0 Å². The molecule has 27 heavy (non-hydrogen) atoms. The van der Waals surface area contributed by atoms with E-state index >= 15 is 0 Å². The van der Waals surface area contributed by atoms with E-state index < -0.39 is 34.8 Å². The highest BCUT2D eigenvalue weighted by Gasteiger charge is 2.59. The zero-order chi connectivity index (χ0) is 20.5. The molecule has 0 bridgehead atoms. The molecule has 1 aliphatic rings. The van der Waals surface area contributed by atoms with Gasteiger partial charge in [-0.1, -0.05) is 51.1 Å². The first-order chi connectivity index (χ1) is 12.4. The van der Waals surface area contributed by atoms with Gasteiger partial charge in [0, 0.05) is 11.8 Å². The maximum atomic E-state index is 13.2. The molecule has 2 rings (SSSR count). The Bertz CT molecular complexity index is 674. The van der Waals surface area contributed by atoms with Crippen LogP contribution >= 0.6 is 0 Å². The smallest absolute Gasteiger partial charge is 0.413 e. The molecule has 6 nitrogen and oxygen atoms in total. The van der Waals surface area contributed by atoms with Crippen LogP contribution in [0.1, 0.15) is 47.1 Å². The zero-order valence-electron chi connectivity index (χ0n) is 17.4. The maximum absolute atomic E-state index is 13.2. The molecule has 0 spiro atoms. The van der Waals surface area contributed by atoms with Gasteiger partial charge < -0.3 is 14.2 Å². The fourth-order valence-electron chi connectivity index (χ4n) is 3.29. The molecule has 1 amide bonds. The van der Waals surface area contributed by atoms with E-state index in [0.717, 1.165) is 5.56 Å². The van der Waals surface area contributed by atoms with E-state index in [1.165, 1.54) is 12.0 Å². The lowest BCUT2D eigenvalue weighted by molar-refractivity contribution is -0.154. The molecule has 1 heterocycles. The summed E-state index contributed by atoms with van der Waals surface area (Å²) in [7, 11) is 1.33. The van der Waals surface area contributed by atoms with Crippen molar-refractivity contribution in [3.63, 3.8) is 0 Å². The fourth-order valence-corrected chi connectivity index (χ4v) is 3.29. The van der Waals surface area contributed by atoms with E-state index in [-0.39, 0.29) is 13.0 Å². The minimum atomic E-state index is -1.28. The molecule has 0 N–H and O–H groups in total. The summed E-state index contributed by atoms with van der Waals surface area (Å²) in [6.07, 6.45) is -0.914. The summed E-state index contributed by atoms with van der Waals surface area (Å²) in [5.74, 6) is -0.510. The molecule has 1 aromatic rings. The third-order valence-corrected chi connectivity index (χ3v) is 4.41. The average Bonchev–Trinajstić information content (AvgIpc) is 2.94. The summed E-state index contributed by atoms with van der Waals surface area (Å²) >= 11 is 0. The Morgan fingerprint density at radius 1 is 1.15 bits per heavy atom. The number of amides is 1. The Kier molecular flexibility index (Phi) is 5.90. The molecule has 150 valence electrons. The van der Waals surface area contributed by atoms with Gasteiger partial charge in [0.2, 0.25) is 0 Å². The van der Waals surface area contributed by atoms with Crippen LogP contribution < -0.4 is 0 Å². The number of benzene rings is 1. The third-order valence-electron chi connectivity index (χ3n) is 4.41. The number of rotatable bonds is 3. The summed E-state index contributed by atoms with van der Waals surface area (Å²) in [4.78, 5) is 27.5. The molecule has 0 radical (unpaired) electrons. The second kappa shape index (κ2) is 7.50. The maximum Gasteiger partial charge on any atom is 0.413 e. The normalized spacial score (nSPS) is 23.2. The van der Waals surface area contributed by atoms with Crippen LogP contribution in [0.15, 0.2) is 30.3 Å². The topological polar surface area (TPSA) is 65.1 Å². The molecule has 6 heteroatoms. The molecule has 2 atom stereocenters. The molecular formula is C21H31NO5. The van der Waals surface area contributed by atoms with Crippen molar-refractivity contribution in [3.05, 3.63) is 35.9 Å².